The van der Waals surface area contributed by atoms with Crippen molar-refractivity contribution in [2.75, 3.05) is 0 Å². The van der Waals surface area contributed by atoms with Crippen molar-refractivity contribution in [2.24, 2.45) is 5.73 Å². The number of benzene rings is 2. The van der Waals surface area contributed by atoms with E-state index in [1.165, 1.54) is 0 Å². The monoisotopic (exact) mass is 263 g/mol. The van der Waals surface area contributed by atoms with E-state index in [4.69, 9.17) is 10.5 Å². The molecule has 0 saturated carbocycles. The Hall–Kier alpha value is -1.94. The van der Waals surface area contributed by atoms with Crippen molar-refractivity contribution in [3.05, 3.63) is 59.7 Å². The summed E-state index contributed by atoms with van der Waals surface area (Å²) in [5.74, 6) is -0.640. The van der Waals surface area contributed by atoms with Crippen LogP contribution < -0.4 is 10.5 Å². The fraction of sp³-hybridized carbons (Fsp3) is 0.200. The summed E-state index contributed by atoms with van der Waals surface area (Å²) in [6, 6.07) is 10.4. The van der Waals surface area contributed by atoms with Crippen molar-refractivity contribution in [2.45, 2.75) is 19.4 Å². The second-order valence-electron chi connectivity index (χ2n) is 4.50. The van der Waals surface area contributed by atoms with Gasteiger partial charge in [-0.2, -0.15) is 0 Å². The molecular formula is C15H15F2NO. The predicted molar refractivity (Wildman–Crippen MR) is 70.2 cm³/mol. The largest absolute Gasteiger partial charge is 0.457 e. The van der Waals surface area contributed by atoms with Crippen LogP contribution in [0.4, 0.5) is 8.78 Å². The van der Waals surface area contributed by atoms with Crippen molar-refractivity contribution in [1.82, 2.24) is 0 Å². The van der Waals surface area contributed by atoms with Crippen molar-refractivity contribution in [3.63, 3.8) is 0 Å². The normalized spacial score (nSPS) is 12.2. The quantitative estimate of drug-likeness (QED) is 0.913. The van der Waals surface area contributed by atoms with Crippen LogP contribution in [0, 0.1) is 11.6 Å². The molecule has 0 saturated heterocycles. The maximum atomic E-state index is 13.1. The zero-order valence-electron chi connectivity index (χ0n) is 10.6. The fourth-order valence-electron chi connectivity index (χ4n) is 1.83. The van der Waals surface area contributed by atoms with E-state index in [2.05, 4.69) is 0 Å². The molecule has 0 aliphatic carbocycles. The van der Waals surface area contributed by atoms with Gasteiger partial charge in [-0.25, -0.2) is 8.78 Å². The number of hydrogen-bond acceptors (Lipinski definition) is 2. The highest BCUT2D eigenvalue weighted by Gasteiger charge is 2.08. The van der Waals surface area contributed by atoms with Gasteiger partial charge in [-0.15, -0.1) is 0 Å². The molecule has 0 aromatic heterocycles. The highest BCUT2D eigenvalue weighted by molar-refractivity contribution is 5.38. The summed E-state index contributed by atoms with van der Waals surface area (Å²) in [6.07, 6.45) is 0.633. The third kappa shape index (κ3) is 3.76. The Kier molecular flexibility index (Phi) is 4.12. The first-order valence-corrected chi connectivity index (χ1v) is 6.02. The van der Waals surface area contributed by atoms with Gasteiger partial charge >= 0.3 is 0 Å². The summed E-state index contributed by atoms with van der Waals surface area (Å²) in [5.41, 5.74) is 6.66. The molecule has 0 bridgehead atoms. The maximum Gasteiger partial charge on any atom is 0.133 e. The van der Waals surface area contributed by atoms with Crippen molar-refractivity contribution in [1.29, 1.82) is 0 Å². The standard InChI is InChI=1S/C15H15F2NO/c1-10(18)6-11-4-2-3-5-15(11)19-14-8-12(16)7-13(17)9-14/h2-5,7-10H,6,18H2,1H3. The van der Waals surface area contributed by atoms with E-state index in [-0.39, 0.29) is 11.8 Å². The zero-order chi connectivity index (χ0) is 13.8. The maximum absolute atomic E-state index is 13.1. The molecule has 0 radical (unpaired) electrons. The minimum absolute atomic E-state index is 0.0194. The molecule has 100 valence electrons. The van der Waals surface area contributed by atoms with Gasteiger partial charge in [0.25, 0.3) is 0 Å². The van der Waals surface area contributed by atoms with Gasteiger partial charge in [-0.1, -0.05) is 18.2 Å². The van der Waals surface area contributed by atoms with Gasteiger partial charge in [-0.3, -0.25) is 0 Å². The molecule has 0 heterocycles. The molecule has 1 atom stereocenters. The molecule has 2 N–H and O–H groups in total. The van der Waals surface area contributed by atoms with Gasteiger partial charge < -0.3 is 10.5 Å². The van der Waals surface area contributed by atoms with Crippen LogP contribution in [-0.4, -0.2) is 6.04 Å². The third-order valence-corrected chi connectivity index (χ3v) is 2.58. The summed E-state index contributed by atoms with van der Waals surface area (Å²) in [6.45, 7) is 1.89. The Morgan fingerprint density at radius 3 is 2.37 bits per heavy atom. The Balaban J connectivity index is 2.27. The number of hydrogen-bond donors (Lipinski definition) is 1. The van der Waals surface area contributed by atoms with E-state index < -0.39 is 11.6 Å². The van der Waals surface area contributed by atoms with Gasteiger partial charge in [0.2, 0.25) is 0 Å². The van der Waals surface area contributed by atoms with Crippen molar-refractivity contribution >= 4 is 0 Å². The molecule has 0 aliphatic rings. The first kappa shape index (κ1) is 13.5. The Bertz CT molecular complexity index is 550. The van der Waals surface area contributed by atoms with Crippen molar-refractivity contribution < 1.29 is 13.5 Å². The molecule has 1 unspecified atom stereocenters. The molecule has 0 aliphatic heterocycles. The molecular weight excluding hydrogens is 248 g/mol. The average Bonchev–Trinajstić information content (AvgIpc) is 2.29. The van der Waals surface area contributed by atoms with Crippen LogP contribution in [0.3, 0.4) is 0 Å². The summed E-state index contributed by atoms with van der Waals surface area (Å²) in [5, 5.41) is 0. The summed E-state index contributed by atoms with van der Waals surface area (Å²) in [7, 11) is 0. The zero-order valence-corrected chi connectivity index (χ0v) is 10.6. The number of rotatable bonds is 4. The topological polar surface area (TPSA) is 35.2 Å². The fourth-order valence-corrected chi connectivity index (χ4v) is 1.83. The van der Waals surface area contributed by atoms with E-state index in [1.807, 2.05) is 19.1 Å². The summed E-state index contributed by atoms with van der Waals surface area (Å²) in [4.78, 5) is 0. The highest BCUT2D eigenvalue weighted by atomic mass is 19.1. The molecule has 2 rings (SSSR count). The number of ether oxygens (including phenoxy) is 1. The lowest BCUT2D eigenvalue weighted by Crippen LogP contribution is -2.18. The van der Waals surface area contributed by atoms with E-state index in [9.17, 15) is 8.78 Å². The van der Waals surface area contributed by atoms with Crippen LogP contribution in [0.5, 0.6) is 11.5 Å². The molecule has 2 aromatic carbocycles. The molecule has 19 heavy (non-hydrogen) atoms. The van der Waals surface area contributed by atoms with Crippen LogP contribution in [-0.2, 0) is 6.42 Å². The summed E-state index contributed by atoms with van der Waals surface area (Å²) < 4.78 is 31.7. The Morgan fingerprint density at radius 2 is 1.74 bits per heavy atom. The Morgan fingerprint density at radius 1 is 1.11 bits per heavy atom. The highest BCUT2D eigenvalue weighted by Crippen LogP contribution is 2.27. The molecule has 0 spiro atoms. The van der Waals surface area contributed by atoms with E-state index in [0.29, 0.717) is 12.2 Å². The van der Waals surface area contributed by atoms with Crippen molar-refractivity contribution in [3.8, 4) is 11.5 Å². The minimum atomic E-state index is -0.667. The van der Waals surface area contributed by atoms with E-state index >= 15 is 0 Å². The van der Waals surface area contributed by atoms with Crippen LogP contribution in [0.25, 0.3) is 0 Å². The lowest BCUT2D eigenvalue weighted by Gasteiger charge is -2.12. The van der Waals surface area contributed by atoms with Crippen LogP contribution >= 0.6 is 0 Å². The predicted octanol–water partition coefficient (Wildman–Crippen LogP) is 3.65. The van der Waals surface area contributed by atoms with Crippen LogP contribution in [0.2, 0.25) is 0 Å². The van der Waals surface area contributed by atoms with Gasteiger partial charge in [0.05, 0.1) is 0 Å². The number of para-hydroxylation sites is 1. The van der Waals surface area contributed by atoms with Crippen LogP contribution in [0.15, 0.2) is 42.5 Å². The lowest BCUT2D eigenvalue weighted by atomic mass is 10.1. The van der Waals surface area contributed by atoms with Gasteiger partial charge in [-0.05, 0) is 25.0 Å². The second-order valence-corrected chi connectivity index (χ2v) is 4.50. The van der Waals surface area contributed by atoms with Gasteiger partial charge in [0, 0.05) is 24.2 Å². The molecule has 0 fully saturated rings. The molecule has 2 nitrogen and oxygen atoms in total. The summed E-state index contributed by atoms with van der Waals surface area (Å²) >= 11 is 0. The number of halogens is 2. The number of nitrogens with two attached hydrogens (primary N) is 1. The van der Waals surface area contributed by atoms with Gasteiger partial charge in [0.1, 0.15) is 23.1 Å². The second kappa shape index (κ2) is 5.80. The first-order chi connectivity index (χ1) is 9.04. The SMILES string of the molecule is CC(N)Cc1ccccc1Oc1cc(F)cc(F)c1. The average molecular weight is 263 g/mol. The minimum Gasteiger partial charge on any atom is -0.457 e. The smallest absolute Gasteiger partial charge is 0.133 e. The van der Waals surface area contributed by atoms with E-state index in [1.54, 1.807) is 12.1 Å². The first-order valence-electron chi connectivity index (χ1n) is 6.02. The third-order valence-electron chi connectivity index (χ3n) is 2.58. The van der Waals surface area contributed by atoms with E-state index in [0.717, 1.165) is 23.8 Å². The lowest BCUT2D eigenvalue weighted by molar-refractivity contribution is 0.461. The molecule has 0 amide bonds. The molecule has 4 heteroatoms. The molecule has 2 aromatic rings. The van der Waals surface area contributed by atoms with Crippen LogP contribution in [0.1, 0.15) is 12.5 Å². The Labute approximate surface area is 110 Å². The van der Waals surface area contributed by atoms with Gasteiger partial charge in [0.15, 0.2) is 0 Å².